The third-order valence-electron chi connectivity index (χ3n) is 3.81. The van der Waals surface area contributed by atoms with E-state index >= 15 is 0 Å². The number of amides is 1. The molecule has 1 aliphatic heterocycles. The maximum atomic E-state index is 12.5. The Labute approximate surface area is 118 Å². The van der Waals surface area contributed by atoms with E-state index in [4.69, 9.17) is 23.4 Å². The highest BCUT2D eigenvalue weighted by Crippen LogP contribution is 2.47. The van der Waals surface area contributed by atoms with Crippen molar-refractivity contribution in [1.29, 1.82) is 0 Å². The quantitative estimate of drug-likeness (QED) is 0.450. The van der Waals surface area contributed by atoms with Gasteiger partial charge in [-0.3, -0.25) is 4.79 Å². The maximum Gasteiger partial charge on any atom is 0.252 e. The van der Waals surface area contributed by atoms with Gasteiger partial charge in [-0.05, 0) is 30.9 Å². The second kappa shape index (κ2) is 5.50. The average Bonchev–Trinajstić information content (AvgIpc) is 2.62. The zero-order valence-corrected chi connectivity index (χ0v) is 12.0. The van der Waals surface area contributed by atoms with Gasteiger partial charge in [-0.15, -0.1) is 11.6 Å². The lowest BCUT2D eigenvalue weighted by Gasteiger charge is -2.26. The Kier molecular flexibility index (Phi) is 4.18. The summed E-state index contributed by atoms with van der Waals surface area (Å²) in [5.74, 6) is 0.641. The summed E-state index contributed by atoms with van der Waals surface area (Å²) in [6.45, 7) is 2.05. The number of benzene rings is 1. The molecular formula is C14H17Cl2NO. The van der Waals surface area contributed by atoms with E-state index in [9.17, 15) is 4.79 Å². The minimum atomic E-state index is -0.454. The number of anilines is 1. The zero-order chi connectivity index (χ0) is 13.2. The molecule has 1 aliphatic rings. The summed E-state index contributed by atoms with van der Waals surface area (Å²) in [6.07, 6.45) is 3.47. The fraction of sp³-hybridized carbons (Fsp3) is 0.500. The number of unbranched alkanes of at least 4 members (excludes halogenated alkanes) is 1. The Balaban J connectivity index is 2.37. The van der Waals surface area contributed by atoms with Crippen molar-refractivity contribution < 1.29 is 4.79 Å². The van der Waals surface area contributed by atoms with E-state index < -0.39 is 5.41 Å². The van der Waals surface area contributed by atoms with Crippen LogP contribution in [0.2, 0.25) is 0 Å². The number of rotatable bonds is 5. The van der Waals surface area contributed by atoms with Gasteiger partial charge in [0.2, 0.25) is 0 Å². The van der Waals surface area contributed by atoms with E-state index in [0.29, 0.717) is 5.88 Å². The van der Waals surface area contributed by atoms with Gasteiger partial charge >= 0.3 is 0 Å². The lowest BCUT2D eigenvalue weighted by molar-refractivity contribution is -0.122. The summed E-state index contributed by atoms with van der Waals surface area (Å²) in [5, 5.41) is 0. The Hall–Kier alpha value is -0.730. The SMILES string of the molecule is CCC1(CCCCCl)C(=O)N(Cl)c2ccccc21. The van der Waals surface area contributed by atoms with Crippen molar-refractivity contribution in [3.63, 3.8) is 0 Å². The van der Waals surface area contributed by atoms with E-state index in [1.54, 1.807) is 0 Å². The first-order chi connectivity index (χ1) is 8.67. The molecule has 0 saturated carbocycles. The largest absolute Gasteiger partial charge is 0.272 e. The van der Waals surface area contributed by atoms with Gasteiger partial charge in [0.05, 0.1) is 11.1 Å². The van der Waals surface area contributed by atoms with Crippen molar-refractivity contribution in [1.82, 2.24) is 0 Å². The Morgan fingerprint density at radius 2 is 2.00 bits per heavy atom. The monoisotopic (exact) mass is 285 g/mol. The predicted molar refractivity (Wildman–Crippen MR) is 76.3 cm³/mol. The summed E-state index contributed by atoms with van der Waals surface area (Å²) < 4.78 is 1.28. The summed E-state index contributed by atoms with van der Waals surface area (Å²) in [4.78, 5) is 12.5. The smallest absolute Gasteiger partial charge is 0.252 e. The minimum absolute atomic E-state index is 0.00226. The van der Waals surface area contributed by atoms with Crippen LogP contribution in [0.4, 0.5) is 5.69 Å². The Morgan fingerprint density at radius 1 is 1.28 bits per heavy atom. The number of carbonyl (C=O) groups excluding carboxylic acids is 1. The highest BCUT2D eigenvalue weighted by molar-refractivity contribution is 6.40. The van der Waals surface area contributed by atoms with Gasteiger partial charge in [0.15, 0.2) is 0 Å². The molecule has 0 aliphatic carbocycles. The molecule has 0 fully saturated rings. The first kappa shape index (κ1) is 13.7. The van der Waals surface area contributed by atoms with Gasteiger partial charge in [-0.25, -0.2) is 4.42 Å². The molecule has 1 aromatic carbocycles. The van der Waals surface area contributed by atoms with E-state index in [1.165, 1.54) is 4.42 Å². The van der Waals surface area contributed by atoms with E-state index in [2.05, 4.69) is 0 Å². The molecule has 4 heteroatoms. The summed E-state index contributed by atoms with van der Waals surface area (Å²) >= 11 is 11.8. The number of alkyl halides is 1. The highest BCUT2D eigenvalue weighted by Gasteiger charge is 2.48. The molecule has 1 atom stereocenters. The molecule has 2 rings (SSSR count). The van der Waals surface area contributed by atoms with Crippen molar-refractivity contribution >= 4 is 35.0 Å². The van der Waals surface area contributed by atoms with Crippen molar-refractivity contribution in [2.45, 2.75) is 38.0 Å². The minimum Gasteiger partial charge on any atom is -0.272 e. The zero-order valence-electron chi connectivity index (χ0n) is 10.5. The van der Waals surface area contributed by atoms with Crippen LogP contribution in [-0.4, -0.2) is 11.8 Å². The molecule has 1 unspecified atom stereocenters. The second-order valence-corrected chi connectivity index (χ2v) is 5.40. The van der Waals surface area contributed by atoms with Gasteiger partial charge in [0, 0.05) is 17.7 Å². The number of hydrogen-bond donors (Lipinski definition) is 0. The van der Waals surface area contributed by atoms with E-state index in [1.807, 2.05) is 31.2 Å². The Morgan fingerprint density at radius 3 is 2.67 bits per heavy atom. The number of fused-ring (bicyclic) bond motifs is 1. The van der Waals surface area contributed by atoms with Crippen molar-refractivity contribution in [3.8, 4) is 0 Å². The number of carbonyl (C=O) groups is 1. The molecule has 1 amide bonds. The van der Waals surface area contributed by atoms with Crippen molar-refractivity contribution in [2.24, 2.45) is 0 Å². The third kappa shape index (κ3) is 2.02. The molecule has 1 aromatic rings. The van der Waals surface area contributed by atoms with Crippen LogP contribution >= 0.6 is 23.4 Å². The average molecular weight is 286 g/mol. The van der Waals surface area contributed by atoms with Crippen LogP contribution in [0.5, 0.6) is 0 Å². The molecule has 0 N–H and O–H groups in total. The number of hydrogen-bond acceptors (Lipinski definition) is 1. The predicted octanol–water partition coefficient (Wildman–Crippen LogP) is 4.24. The summed E-state index contributed by atoms with van der Waals surface area (Å²) in [5.41, 5.74) is 1.43. The number of para-hydroxylation sites is 1. The lowest BCUT2D eigenvalue weighted by Crippen LogP contribution is -2.36. The van der Waals surface area contributed by atoms with Gasteiger partial charge in [0.25, 0.3) is 5.91 Å². The summed E-state index contributed by atoms with van der Waals surface area (Å²) in [7, 11) is 0. The first-order valence-corrected chi connectivity index (χ1v) is 7.20. The van der Waals surface area contributed by atoms with E-state index in [-0.39, 0.29) is 5.91 Å². The molecule has 98 valence electrons. The Bertz CT molecular complexity index is 449. The molecule has 2 nitrogen and oxygen atoms in total. The number of halogens is 2. The van der Waals surface area contributed by atoms with Crippen LogP contribution in [0, 0.1) is 0 Å². The topological polar surface area (TPSA) is 20.3 Å². The van der Waals surface area contributed by atoms with Crippen molar-refractivity contribution in [2.75, 3.05) is 10.3 Å². The van der Waals surface area contributed by atoms with Crippen LogP contribution in [0.15, 0.2) is 24.3 Å². The van der Waals surface area contributed by atoms with Gasteiger partial charge in [-0.1, -0.05) is 31.5 Å². The molecule has 18 heavy (non-hydrogen) atoms. The second-order valence-electron chi connectivity index (χ2n) is 4.68. The van der Waals surface area contributed by atoms with Gasteiger partial charge in [-0.2, -0.15) is 0 Å². The first-order valence-electron chi connectivity index (χ1n) is 6.33. The highest BCUT2D eigenvalue weighted by atomic mass is 35.5. The standard InChI is InChI=1S/C14H17Cl2NO/c1-2-14(9-5-6-10-15)11-7-3-4-8-12(11)17(16)13(14)18/h3-4,7-8H,2,5-6,9-10H2,1H3. The van der Waals surface area contributed by atoms with Crippen LogP contribution in [0.3, 0.4) is 0 Å². The molecule has 0 spiro atoms. The van der Waals surface area contributed by atoms with Crippen LogP contribution < -0.4 is 4.42 Å². The number of nitrogens with zero attached hydrogens (tertiary/aromatic N) is 1. The van der Waals surface area contributed by atoms with Crippen molar-refractivity contribution in [3.05, 3.63) is 29.8 Å². The fourth-order valence-electron chi connectivity index (χ4n) is 2.74. The third-order valence-corrected chi connectivity index (χ3v) is 4.41. The molecule has 0 saturated heterocycles. The normalized spacial score (nSPS) is 22.4. The van der Waals surface area contributed by atoms with E-state index in [0.717, 1.165) is 36.9 Å². The van der Waals surface area contributed by atoms with Crippen LogP contribution in [-0.2, 0) is 10.2 Å². The molecule has 1 heterocycles. The van der Waals surface area contributed by atoms with Gasteiger partial charge < -0.3 is 0 Å². The molecular weight excluding hydrogens is 269 g/mol. The molecule has 0 radical (unpaired) electrons. The maximum absolute atomic E-state index is 12.5. The van der Waals surface area contributed by atoms with Crippen LogP contribution in [0.1, 0.15) is 38.2 Å². The molecule has 0 aromatic heterocycles. The summed E-state index contributed by atoms with van der Waals surface area (Å²) in [6, 6.07) is 7.79. The fourth-order valence-corrected chi connectivity index (χ4v) is 3.24. The van der Waals surface area contributed by atoms with Gasteiger partial charge in [0.1, 0.15) is 0 Å². The molecule has 0 bridgehead atoms. The van der Waals surface area contributed by atoms with Crippen LogP contribution in [0.25, 0.3) is 0 Å². The lowest BCUT2D eigenvalue weighted by atomic mass is 9.75.